The highest BCUT2D eigenvalue weighted by atomic mass is 16.5. The highest BCUT2D eigenvalue weighted by molar-refractivity contribution is 5.71. The van der Waals surface area contributed by atoms with E-state index in [2.05, 4.69) is 131 Å². The Balaban J connectivity index is 0.000000140. The van der Waals surface area contributed by atoms with E-state index in [4.69, 9.17) is 44.1 Å². The predicted molar refractivity (Wildman–Crippen MR) is 340 cm³/mol. The van der Waals surface area contributed by atoms with Crippen LogP contribution < -0.4 is 45.3 Å². The second-order valence-electron chi connectivity index (χ2n) is 22.5. The molecule has 0 radical (unpaired) electrons. The van der Waals surface area contributed by atoms with Crippen molar-refractivity contribution in [3.05, 3.63) is 71.7 Å². The molecule has 0 amide bonds. The summed E-state index contributed by atoms with van der Waals surface area (Å²) in [4.78, 5) is 57.2. The summed E-state index contributed by atoms with van der Waals surface area (Å²) in [5.41, 5.74) is 9.55. The van der Waals surface area contributed by atoms with E-state index in [1.54, 1.807) is 0 Å². The fraction of sp³-hybridized carbons (Fsp3) is 0.571. The average molecular weight is 1150 g/mol. The van der Waals surface area contributed by atoms with E-state index in [9.17, 15) is 0 Å². The molecule has 0 aliphatic carbocycles. The van der Waals surface area contributed by atoms with E-state index < -0.39 is 0 Å². The van der Waals surface area contributed by atoms with Gasteiger partial charge in [0.15, 0.2) is 0 Å². The third-order valence-corrected chi connectivity index (χ3v) is 16.4. The van der Waals surface area contributed by atoms with Gasteiger partial charge >= 0.3 is 0 Å². The number of nitrogens with one attached hydrogen (secondary N) is 3. The first kappa shape index (κ1) is 59.9. The van der Waals surface area contributed by atoms with Gasteiger partial charge in [0.05, 0.1) is 56.7 Å². The summed E-state index contributed by atoms with van der Waals surface area (Å²) in [6.45, 7) is 28.2. The maximum absolute atomic E-state index is 5.53. The van der Waals surface area contributed by atoms with Crippen molar-refractivity contribution in [3.63, 3.8) is 0 Å². The van der Waals surface area contributed by atoms with E-state index in [1.165, 1.54) is 68.9 Å². The third-order valence-electron chi connectivity index (χ3n) is 16.4. The molecule has 6 fully saturated rings. The molecular formula is C63H90N18O3. The minimum Gasteiger partial charge on any atom is -0.378 e. The van der Waals surface area contributed by atoms with E-state index in [0.717, 1.165) is 230 Å². The van der Waals surface area contributed by atoms with Gasteiger partial charge in [-0.2, -0.15) is 15.0 Å². The fourth-order valence-corrected chi connectivity index (χ4v) is 11.5. The predicted octanol–water partition coefficient (Wildman–Crippen LogP) is 9.32. The second kappa shape index (κ2) is 30.0. The Kier molecular flexibility index (Phi) is 21.4. The van der Waals surface area contributed by atoms with Crippen molar-refractivity contribution < 1.29 is 14.2 Å². The average Bonchev–Trinajstić information content (AvgIpc) is 2.97. The van der Waals surface area contributed by atoms with Crippen molar-refractivity contribution in [1.29, 1.82) is 0 Å². The normalized spacial score (nSPS) is 17.6. The number of ether oxygens (including phenoxy) is 3. The molecule has 84 heavy (non-hydrogen) atoms. The van der Waals surface area contributed by atoms with Crippen LogP contribution in [0.25, 0.3) is 33.8 Å². The molecule has 6 aromatic heterocycles. The van der Waals surface area contributed by atoms with Crippen molar-refractivity contribution in [2.24, 2.45) is 0 Å². The highest BCUT2D eigenvalue weighted by Gasteiger charge is 2.25. The molecular weight excluding hydrogens is 1060 g/mol. The summed E-state index contributed by atoms with van der Waals surface area (Å²) >= 11 is 0. The largest absolute Gasteiger partial charge is 0.378 e. The summed E-state index contributed by atoms with van der Waals surface area (Å²) in [7, 11) is 1.89. The zero-order valence-corrected chi connectivity index (χ0v) is 50.8. The van der Waals surface area contributed by atoms with Crippen LogP contribution in [0.3, 0.4) is 0 Å². The van der Waals surface area contributed by atoms with E-state index in [-0.39, 0.29) is 0 Å². The Labute approximate surface area is 497 Å². The van der Waals surface area contributed by atoms with Crippen molar-refractivity contribution in [3.8, 4) is 33.8 Å². The van der Waals surface area contributed by atoms with E-state index in [0.29, 0.717) is 0 Å². The van der Waals surface area contributed by atoms with Crippen LogP contribution in [0.1, 0.15) is 94.7 Å². The van der Waals surface area contributed by atoms with Crippen LogP contribution in [0.4, 0.5) is 52.8 Å². The van der Waals surface area contributed by atoms with Gasteiger partial charge in [-0.3, -0.25) is 0 Å². The molecule has 3 N–H and O–H groups in total. The van der Waals surface area contributed by atoms with Crippen LogP contribution in [0.2, 0.25) is 0 Å². The van der Waals surface area contributed by atoms with Gasteiger partial charge < -0.3 is 59.6 Å². The first-order chi connectivity index (χ1) is 41.2. The lowest BCUT2D eigenvalue weighted by atomic mass is 10.1. The number of aromatic nitrogens is 9. The molecule has 6 aliphatic rings. The quantitative estimate of drug-likeness (QED) is 0.0878. The molecule has 0 spiro atoms. The fourth-order valence-electron chi connectivity index (χ4n) is 11.5. The number of morpholine rings is 3. The van der Waals surface area contributed by atoms with Crippen LogP contribution in [-0.2, 0) is 14.2 Å². The summed E-state index contributed by atoms with van der Waals surface area (Å²) in [5, 5.41) is 9.74. The number of anilines is 9. The summed E-state index contributed by atoms with van der Waals surface area (Å²) in [6.07, 6.45) is 18.0. The third kappa shape index (κ3) is 15.7. The van der Waals surface area contributed by atoms with Gasteiger partial charge in [0.2, 0.25) is 17.8 Å². The molecule has 12 heterocycles. The molecule has 0 aromatic carbocycles. The molecule has 0 atom stereocenters. The molecule has 0 saturated carbocycles. The molecule has 0 bridgehead atoms. The van der Waals surface area contributed by atoms with Crippen molar-refractivity contribution in [1.82, 2.24) is 44.9 Å². The van der Waals surface area contributed by atoms with Gasteiger partial charge in [0, 0.05) is 152 Å². The van der Waals surface area contributed by atoms with Gasteiger partial charge in [0.1, 0.15) is 34.9 Å². The number of hydrogen-bond donors (Lipinski definition) is 3. The number of aryl methyl sites for hydroxylation is 3. The number of nitrogens with zero attached hydrogens (tertiary/aromatic N) is 15. The number of piperidine rings is 3. The molecule has 21 nitrogen and oxygen atoms in total. The van der Waals surface area contributed by atoms with Gasteiger partial charge in [0.25, 0.3) is 0 Å². The first-order valence-electron chi connectivity index (χ1n) is 31.2. The van der Waals surface area contributed by atoms with E-state index in [1.807, 2.05) is 25.6 Å². The SMILES string of the molecule is CCCNc1cc(C)c(-c2cc(N3CCOCC3)nc(N3CCCCC3)n2)cn1.CCNc1cc(C)c(-c2cc(N3CCOCC3)nc(N3CCCCC3)n2)cn1.CNc1cc(C)c(-c2cc(N3CCOCC3)nc(N3CCCCC3)n2)cn1. The van der Waals surface area contributed by atoms with Crippen molar-refractivity contribution in [2.75, 3.05) is 184 Å². The van der Waals surface area contributed by atoms with Gasteiger partial charge in [-0.15, -0.1) is 0 Å². The zero-order valence-electron chi connectivity index (χ0n) is 50.8. The van der Waals surface area contributed by atoms with Gasteiger partial charge in [-0.25, -0.2) is 29.9 Å². The summed E-state index contributed by atoms with van der Waals surface area (Å²) in [6, 6.07) is 12.6. The highest BCUT2D eigenvalue weighted by Crippen LogP contribution is 2.33. The number of pyridine rings is 3. The second-order valence-corrected chi connectivity index (χ2v) is 22.5. The Morgan fingerprint density at radius 2 is 0.702 bits per heavy atom. The lowest BCUT2D eigenvalue weighted by Crippen LogP contribution is -2.37. The molecule has 21 heteroatoms. The monoisotopic (exact) mass is 1150 g/mol. The Hall–Kier alpha value is -7.23. The maximum Gasteiger partial charge on any atom is 0.227 e. The minimum absolute atomic E-state index is 0.746. The standard InChI is InChI=1S/C22H32N6O.C21H30N6O.C20H28N6O/c1-3-7-23-20-14-17(2)18(16-24-20)19-15-21(27-10-12-29-13-11-27)26-22(25-19)28-8-5-4-6-9-28;1-3-22-19-13-16(2)17(15-23-19)18-14-20(26-9-11-28-12-10-26)25-21(24-18)27-7-5-4-6-8-27;1-15-12-18(21-2)22-14-16(15)17-13-19(25-8-10-27-11-9-25)24-20(23-17)26-6-4-3-5-7-26/h14-16H,3-13H2,1-2H3,(H,23,24);13-15H,3-12H2,1-2H3,(H,22,23);12-14H,3-11H2,1-2H3,(H,21,22). The summed E-state index contributed by atoms with van der Waals surface area (Å²) < 4.78 is 16.6. The Bertz CT molecular complexity index is 2930. The number of rotatable bonds is 15. The van der Waals surface area contributed by atoms with Crippen LogP contribution in [0, 0.1) is 20.8 Å². The van der Waals surface area contributed by atoms with Crippen LogP contribution >= 0.6 is 0 Å². The molecule has 6 aliphatic heterocycles. The van der Waals surface area contributed by atoms with Crippen LogP contribution in [0.5, 0.6) is 0 Å². The molecule has 6 saturated heterocycles. The van der Waals surface area contributed by atoms with Gasteiger partial charge in [-0.1, -0.05) is 6.92 Å². The van der Waals surface area contributed by atoms with Gasteiger partial charge in [-0.05, 0) is 127 Å². The first-order valence-corrected chi connectivity index (χ1v) is 31.2. The maximum atomic E-state index is 5.53. The molecule has 12 rings (SSSR count). The van der Waals surface area contributed by atoms with E-state index >= 15 is 0 Å². The Morgan fingerprint density at radius 1 is 0.381 bits per heavy atom. The van der Waals surface area contributed by atoms with Crippen molar-refractivity contribution in [2.45, 2.75) is 98.8 Å². The Morgan fingerprint density at radius 3 is 1.01 bits per heavy atom. The topological polar surface area (TPSA) is 199 Å². The lowest BCUT2D eigenvalue weighted by molar-refractivity contribution is 0.122. The lowest BCUT2D eigenvalue weighted by Gasteiger charge is -2.31. The molecule has 0 unspecified atom stereocenters. The van der Waals surface area contributed by atoms with Crippen LogP contribution in [0.15, 0.2) is 55.0 Å². The molecule has 450 valence electrons. The zero-order chi connectivity index (χ0) is 58.0. The number of hydrogen-bond acceptors (Lipinski definition) is 21. The smallest absolute Gasteiger partial charge is 0.227 e. The summed E-state index contributed by atoms with van der Waals surface area (Å²) in [5.74, 6) is 8.19. The van der Waals surface area contributed by atoms with Crippen LogP contribution in [-0.4, -0.2) is 183 Å². The minimum atomic E-state index is 0.746. The molecule has 6 aromatic rings. The van der Waals surface area contributed by atoms with Crippen molar-refractivity contribution >= 4 is 52.8 Å².